The molecule has 0 saturated heterocycles. The number of carbonyl (C=O) groups is 4. The summed E-state index contributed by atoms with van der Waals surface area (Å²) in [5.74, 6) is -2.95. The summed E-state index contributed by atoms with van der Waals surface area (Å²) in [4.78, 5) is 51.6. The van der Waals surface area contributed by atoms with Gasteiger partial charge in [0.15, 0.2) is 23.7 Å². The van der Waals surface area contributed by atoms with Crippen LogP contribution in [-0.2, 0) is 28.6 Å². The summed E-state index contributed by atoms with van der Waals surface area (Å²) >= 11 is 0. The molecule has 3 fully saturated rings. The van der Waals surface area contributed by atoms with Crippen LogP contribution in [0.5, 0.6) is 0 Å². The van der Waals surface area contributed by atoms with Gasteiger partial charge in [0.05, 0.1) is 12.7 Å². The molecule has 0 heterocycles. The van der Waals surface area contributed by atoms with Crippen molar-refractivity contribution < 1.29 is 42.9 Å². The van der Waals surface area contributed by atoms with Crippen LogP contribution in [0.25, 0.3) is 0 Å². The molecule has 4 aliphatic carbocycles. The molecule has 0 amide bonds. The summed E-state index contributed by atoms with van der Waals surface area (Å²) in [6.07, 6.45) is 5.98. The van der Waals surface area contributed by atoms with E-state index in [4.69, 9.17) is 14.2 Å². The molecule has 228 valence electrons. The summed E-state index contributed by atoms with van der Waals surface area (Å²) in [6.45, 7) is 8.73. The van der Waals surface area contributed by atoms with Gasteiger partial charge >= 0.3 is 12.1 Å². The Morgan fingerprint density at radius 1 is 1.10 bits per heavy atom. The summed E-state index contributed by atoms with van der Waals surface area (Å²) in [5, 5.41) is 11.7. The van der Waals surface area contributed by atoms with E-state index in [-0.39, 0.29) is 25.2 Å². The van der Waals surface area contributed by atoms with E-state index in [2.05, 4.69) is 0 Å². The van der Waals surface area contributed by atoms with E-state index in [0.717, 1.165) is 12.8 Å². The standard InChI is InChI=1S/C32H45FO8/c1-6-8-10-27(37)40-19-26(36)32(41-28(38)39-15-9-7-2)20(3)16-24-23-12-11-21-17-22(34)13-14-29(21,4)31(23,33)25(35)18-30(24,32)5/h13-14,17,20,23-25,35H,6-12,15-16,18-19H2,1-5H3/t20-,23+,24+,25+,29+,30+,31+,32+/m1/s1. The van der Waals surface area contributed by atoms with E-state index >= 15 is 4.39 Å². The van der Waals surface area contributed by atoms with Crippen molar-refractivity contribution in [3.8, 4) is 0 Å². The van der Waals surface area contributed by atoms with Crippen molar-refractivity contribution in [1.82, 2.24) is 0 Å². The number of rotatable bonds is 10. The lowest BCUT2D eigenvalue weighted by atomic mass is 9.44. The number of hydrogen-bond donors (Lipinski definition) is 1. The monoisotopic (exact) mass is 576 g/mol. The molecule has 8 atom stereocenters. The van der Waals surface area contributed by atoms with Crippen molar-refractivity contribution in [2.75, 3.05) is 13.2 Å². The van der Waals surface area contributed by atoms with Gasteiger partial charge in [-0.3, -0.25) is 14.4 Å². The first-order chi connectivity index (χ1) is 19.3. The molecule has 0 radical (unpaired) electrons. The number of Topliss-reactive ketones (excluding diaryl/α,β-unsaturated/α-hetero) is 1. The Hall–Kier alpha value is -2.55. The molecular formula is C32H45FO8. The van der Waals surface area contributed by atoms with Crippen LogP contribution in [0, 0.1) is 28.6 Å². The molecule has 0 aromatic heterocycles. The van der Waals surface area contributed by atoms with Crippen molar-refractivity contribution in [3.63, 3.8) is 0 Å². The zero-order valence-corrected chi connectivity index (χ0v) is 25.0. The lowest BCUT2D eigenvalue weighted by Crippen LogP contribution is -2.70. The maximum absolute atomic E-state index is 17.5. The number of ketones is 2. The van der Waals surface area contributed by atoms with Gasteiger partial charge < -0.3 is 19.3 Å². The average Bonchev–Trinajstić information content (AvgIpc) is 3.14. The van der Waals surface area contributed by atoms with Crippen LogP contribution in [0.1, 0.15) is 92.4 Å². The predicted molar refractivity (Wildman–Crippen MR) is 148 cm³/mol. The molecule has 0 aliphatic heterocycles. The number of fused-ring (bicyclic) bond motifs is 5. The minimum absolute atomic E-state index is 0.123. The maximum atomic E-state index is 17.5. The molecule has 3 saturated carbocycles. The highest BCUT2D eigenvalue weighted by atomic mass is 19.1. The van der Waals surface area contributed by atoms with Crippen molar-refractivity contribution in [3.05, 3.63) is 23.8 Å². The molecule has 41 heavy (non-hydrogen) atoms. The molecule has 0 bridgehead atoms. The third-order valence-corrected chi connectivity index (χ3v) is 10.7. The van der Waals surface area contributed by atoms with Crippen molar-refractivity contribution in [1.29, 1.82) is 0 Å². The quantitative estimate of drug-likeness (QED) is 0.264. The van der Waals surface area contributed by atoms with E-state index in [1.807, 2.05) is 13.8 Å². The second kappa shape index (κ2) is 11.6. The van der Waals surface area contributed by atoms with Crippen LogP contribution < -0.4 is 0 Å². The number of unbranched alkanes of at least 4 members (excludes halogenated alkanes) is 2. The Kier molecular flexibility index (Phi) is 8.89. The molecule has 0 aromatic rings. The van der Waals surface area contributed by atoms with E-state index in [1.54, 1.807) is 26.8 Å². The topological polar surface area (TPSA) is 116 Å². The van der Waals surface area contributed by atoms with Gasteiger partial charge in [-0.1, -0.05) is 52.2 Å². The van der Waals surface area contributed by atoms with Gasteiger partial charge in [0.25, 0.3) is 0 Å². The van der Waals surface area contributed by atoms with Gasteiger partial charge in [-0.2, -0.15) is 0 Å². The second-order valence-corrected chi connectivity index (χ2v) is 12.9. The lowest BCUT2D eigenvalue weighted by molar-refractivity contribution is -0.222. The number of esters is 1. The number of carbonyl (C=O) groups excluding carboxylic acids is 4. The van der Waals surface area contributed by atoms with Crippen molar-refractivity contribution in [2.45, 2.75) is 110 Å². The Labute approximate surface area is 242 Å². The molecule has 9 heteroatoms. The largest absolute Gasteiger partial charge is 0.509 e. The summed E-state index contributed by atoms with van der Waals surface area (Å²) < 4.78 is 34.2. The van der Waals surface area contributed by atoms with E-state index in [0.29, 0.717) is 37.7 Å². The normalized spacial score (nSPS) is 39.2. The highest BCUT2D eigenvalue weighted by Gasteiger charge is 2.77. The molecule has 0 aromatic carbocycles. The van der Waals surface area contributed by atoms with Gasteiger partial charge in [0.1, 0.15) is 0 Å². The zero-order chi connectivity index (χ0) is 30.2. The highest BCUT2D eigenvalue weighted by molar-refractivity contribution is 6.01. The van der Waals surface area contributed by atoms with Crippen LogP contribution in [-0.4, -0.2) is 59.4 Å². The Bertz CT molecular complexity index is 1130. The fourth-order valence-corrected chi connectivity index (χ4v) is 8.51. The third kappa shape index (κ3) is 4.86. The zero-order valence-electron chi connectivity index (χ0n) is 25.0. The van der Waals surface area contributed by atoms with Gasteiger partial charge in [0, 0.05) is 29.1 Å². The van der Waals surface area contributed by atoms with Crippen molar-refractivity contribution >= 4 is 23.7 Å². The third-order valence-electron chi connectivity index (χ3n) is 10.7. The predicted octanol–water partition coefficient (Wildman–Crippen LogP) is 5.60. The molecule has 8 nitrogen and oxygen atoms in total. The maximum Gasteiger partial charge on any atom is 0.509 e. The van der Waals surface area contributed by atoms with E-state index < -0.39 is 70.5 Å². The molecule has 4 aliphatic rings. The number of allylic oxidation sites excluding steroid dienone is 4. The first kappa shape index (κ1) is 31.4. The number of aliphatic hydroxyl groups is 1. The minimum atomic E-state index is -2.09. The number of aliphatic hydroxyl groups excluding tert-OH is 1. The van der Waals surface area contributed by atoms with Gasteiger partial charge in [-0.05, 0) is 63.5 Å². The van der Waals surface area contributed by atoms with Crippen LogP contribution in [0.4, 0.5) is 9.18 Å². The summed E-state index contributed by atoms with van der Waals surface area (Å²) in [6, 6.07) is 0. The van der Waals surface area contributed by atoms with E-state index in [1.165, 1.54) is 12.2 Å². The Morgan fingerprint density at radius 3 is 2.49 bits per heavy atom. The average molecular weight is 577 g/mol. The van der Waals surface area contributed by atoms with Crippen LogP contribution in [0.15, 0.2) is 23.8 Å². The Morgan fingerprint density at radius 2 is 1.80 bits per heavy atom. The van der Waals surface area contributed by atoms with Crippen LogP contribution in [0.2, 0.25) is 0 Å². The number of halogens is 1. The van der Waals surface area contributed by atoms with Crippen molar-refractivity contribution in [2.24, 2.45) is 28.6 Å². The van der Waals surface area contributed by atoms with Gasteiger partial charge in [0.2, 0.25) is 5.78 Å². The van der Waals surface area contributed by atoms with Gasteiger partial charge in [-0.15, -0.1) is 0 Å². The van der Waals surface area contributed by atoms with Crippen LogP contribution in [0.3, 0.4) is 0 Å². The number of hydrogen-bond acceptors (Lipinski definition) is 8. The number of ether oxygens (including phenoxy) is 3. The Balaban J connectivity index is 1.72. The first-order valence-corrected chi connectivity index (χ1v) is 15.2. The minimum Gasteiger partial charge on any atom is -0.457 e. The summed E-state index contributed by atoms with van der Waals surface area (Å²) in [5.41, 5.74) is -5.56. The molecule has 1 N–H and O–H groups in total. The SMILES string of the molecule is CCCCOC(=O)O[C@]1(C(=O)COC(=O)CCCC)[C@H](C)C[C@H]2[C@@H]3CCC4=CC(=O)C=C[C@]4(C)[C@@]3(F)[C@@H](O)C[C@@]21C. The molecule has 0 unspecified atom stereocenters. The summed E-state index contributed by atoms with van der Waals surface area (Å²) in [7, 11) is 0. The number of alkyl halides is 1. The fraction of sp³-hybridized carbons (Fsp3) is 0.750. The fourth-order valence-electron chi connectivity index (χ4n) is 8.51. The van der Waals surface area contributed by atoms with E-state index in [9.17, 15) is 24.3 Å². The molecular weight excluding hydrogens is 531 g/mol. The van der Waals surface area contributed by atoms with Gasteiger partial charge in [-0.25, -0.2) is 9.18 Å². The first-order valence-electron chi connectivity index (χ1n) is 15.2. The molecule has 4 rings (SSSR count). The smallest absolute Gasteiger partial charge is 0.457 e. The highest BCUT2D eigenvalue weighted by Crippen LogP contribution is 2.71. The van der Waals surface area contributed by atoms with Crippen LogP contribution >= 0.6 is 0 Å². The second-order valence-electron chi connectivity index (χ2n) is 12.9. The molecule has 0 spiro atoms. The lowest BCUT2D eigenvalue weighted by Gasteiger charge is -2.62.